The molecule has 1 fully saturated rings. The Morgan fingerprint density at radius 2 is 2.43 bits per heavy atom. The quantitative estimate of drug-likeness (QED) is 0.748. The third-order valence-corrected chi connectivity index (χ3v) is 2.62. The number of nitrogens with zero attached hydrogens (tertiary/aromatic N) is 1. The number of aromatic nitrogens is 1. The van der Waals surface area contributed by atoms with E-state index in [4.69, 9.17) is 10.5 Å². The molecule has 0 bridgehead atoms. The average molecular weight is 193 g/mol. The lowest BCUT2D eigenvalue weighted by Gasteiger charge is -2.17. The predicted molar refractivity (Wildman–Crippen MR) is 55.4 cm³/mol. The van der Waals surface area contributed by atoms with Crippen molar-refractivity contribution in [3.05, 3.63) is 18.3 Å². The molecule has 0 amide bonds. The first-order valence-electron chi connectivity index (χ1n) is 4.77. The van der Waals surface area contributed by atoms with Crippen molar-refractivity contribution in [2.24, 2.45) is 5.73 Å². The van der Waals surface area contributed by atoms with Crippen LogP contribution in [0.25, 0.3) is 0 Å². The first-order valence-corrected chi connectivity index (χ1v) is 4.77. The average Bonchev–Trinajstić information content (AvgIpc) is 2.99. The van der Waals surface area contributed by atoms with Gasteiger partial charge in [0.1, 0.15) is 0 Å². The molecule has 4 nitrogen and oxygen atoms in total. The van der Waals surface area contributed by atoms with Gasteiger partial charge in [-0.3, -0.25) is 0 Å². The normalized spacial score (nSPS) is 17.6. The van der Waals surface area contributed by atoms with Crippen molar-refractivity contribution in [3.63, 3.8) is 0 Å². The topological polar surface area (TPSA) is 60.2 Å². The van der Waals surface area contributed by atoms with E-state index in [0.717, 1.165) is 24.4 Å². The van der Waals surface area contributed by atoms with Gasteiger partial charge in [-0.15, -0.1) is 0 Å². The minimum Gasteiger partial charge on any atom is -0.493 e. The fraction of sp³-hybridized carbons (Fsp3) is 0.500. The van der Waals surface area contributed by atoms with E-state index in [1.807, 2.05) is 12.1 Å². The molecule has 0 saturated heterocycles. The van der Waals surface area contributed by atoms with Crippen LogP contribution >= 0.6 is 0 Å². The molecule has 1 aromatic rings. The number of ether oxygens (including phenoxy) is 1. The summed E-state index contributed by atoms with van der Waals surface area (Å²) in [7, 11) is 1.64. The van der Waals surface area contributed by atoms with E-state index in [-0.39, 0.29) is 5.54 Å². The van der Waals surface area contributed by atoms with Gasteiger partial charge < -0.3 is 15.8 Å². The zero-order valence-electron chi connectivity index (χ0n) is 8.29. The van der Waals surface area contributed by atoms with Crippen LogP contribution in [0.5, 0.6) is 5.75 Å². The Bertz CT molecular complexity index is 323. The molecule has 0 aromatic carbocycles. The summed E-state index contributed by atoms with van der Waals surface area (Å²) in [6.07, 6.45) is 3.98. The highest BCUT2D eigenvalue weighted by Crippen LogP contribution is 2.39. The standard InChI is InChI=1S/C10H15N3O/c1-14-8-3-2-6-12-9(8)13-10(7-11)4-5-10/h2-3,6H,4-5,7,11H2,1H3,(H,12,13). The molecule has 14 heavy (non-hydrogen) atoms. The highest BCUT2D eigenvalue weighted by Gasteiger charge is 2.41. The zero-order valence-corrected chi connectivity index (χ0v) is 8.29. The molecule has 1 aromatic heterocycles. The highest BCUT2D eigenvalue weighted by atomic mass is 16.5. The van der Waals surface area contributed by atoms with E-state index in [1.54, 1.807) is 13.3 Å². The Hall–Kier alpha value is -1.29. The molecular weight excluding hydrogens is 178 g/mol. The summed E-state index contributed by atoms with van der Waals surface area (Å²) >= 11 is 0. The van der Waals surface area contributed by atoms with Crippen LogP contribution in [-0.2, 0) is 0 Å². The Kier molecular flexibility index (Phi) is 2.29. The predicted octanol–water partition coefficient (Wildman–Crippen LogP) is 0.993. The lowest BCUT2D eigenvalue weighted by atomic mass is 10.2. The van der Waals surface area contributed by atoms with Crippen LogP contribution in [0.3, 0.4) is 0 Å². The van der Waals surface area contributed by atoms with Gasteiger partial charge in [0.2, 0.25) is 0 Å². The summed E-state index contributed by atoms with van der Waals surface area (Å²) in [5.41, 5.74) is 5.75. The van der Waals surface area contributed by atoms with Crippen LogP contribution in [0.1, 0.15) is 12.8 Å². The molecule has 1 saturated carbocycles. The van der Waals surface area contributed by atoms with Crippen LogP contribution < -0.4 is 15.8 Å². The molecule has 1 aliphatic rings. The second-order valence-electron chi connectivity index (χ2n) is 3.66. The SMILES string of the molecule is COc1cccnc1NC1(CN)CC1. The number of hydrogen-bond acceptors (Lipinski definition) is 4. The number of rotatable bonds is 4. The fourth-order valence-corrected chi connectivity index (χ4v) is 1.43. The van der Waals surface area contributed by atoms with E-state index >= 15 is 0 Å². The Balaban J connectivity index is 2.16. The van der Waals surface area contributed by atoms with Gasteiger partial charge in [0.15, 0.2) is 11.6 Å². The van der Waals surface area contributed by atoms with Crippen molar-refractivity contribution < 1.29 is 4.74 Å². The minimum absolute atomic E-state index is 0.0711. The Morgan fingerprint density at radius 1 is 1.64 bits per heavy atom. The zero-order chi connectivity index (χ0) is 10.0. The molecular formula is C10H15N3O. The van der Waals surface area contributed by atoms with Gasteiger partial charge >= 0.3 is 0 Å². The molecule has 0 radical (unpaired) electrons. The molecule has 2 rings (SSSR count). The molecule has 1 aliphatic carbocycles. The van der Waals surface area contributed by atoms with E-state index in [0.29, 0.717) is 6.54 Å². The number of pyridine rings is 1. The van der Waals surface area contributed by atoms with Gasteiger partial charge in [0, 0.05) is 12.7 Å². The van der Waals surface area contributed by atoms with Gasteiger partial charge in [-0.2, -0.15) is 0 Å². The maximum atomic E-state index is 5.68. The van der Waals surface area contributed by atoms with E-state index in [1.165, 1.54) is 0 Å². The molecule has 0 spiro atoms. The van der Waals surface area contributed by atoms with Crippen molar-refractivity contribution >= 4 is 5.82 Å². The summed E-state index contributed by atoms with van der Waals surface area (Å²) < 4.78 is 5.20. The highest BCUT2D eigenvalue weighted by molar-refractivity contribution is 5.52. The monoisotopic (exact) mass is 193 g/mol. The smallest absolute Gasteiger partial charge is 0.169 e. The van der Waals surface area contributed by atoms with Gasteiger partial charge in [0.05, 0.1) is 12.6 Å². The van der Waals surface area contributed by atoms with Crippen LogP contribution in [0.15, 0.2) is 18.3 Å². The third kappa shape index (κ3) is 1.65. The molecule has 0 unspecified atom stereocenters. The molecule has 3 N–H and O–H groups in total. The van der Waals surface area contributed by atoms with Crippen LogP contribution in [-0.4, -0.2) is 24.2 Å². The van der Waals surface area contributed by atoms with Gasteiger partial charge in [-0.1, -0.05) is 0 Å². The van der Waals surface area contributed by atoms with Crippen LogP contribution in [0.2, 0.25) is 0 Å². The fourth-order valence-electron chi connectivity index (χ4n) is 1.43. The van der Waals surface area contributed by atoms with Crippen molar-refractivity contribution in [3.8, 4) is 5.75 Å². The largest absolute Gasteiger partial charge is 0.493 e. The number of anilines is 1. The first kappa shape index (κ1) is 9.27. The van der Waals surface area contributed by atoms with Crippen molar-refractivity contribution in [1.82, 2.24) is 4.98 Å². The van der Waals surface area contributed by atoms with Crippen LogP contribution in [0.4, 0.5) is 5.82 Å². The number of nitrogens with one attached hydrogen (secondary N) is 1. The van der Waals surface area contributed by atoms with Crippen molar-refractivity contribution in [1.29, 1.82) is 0 Å². The summed E-state index contributed by atoms with van der Waals surface area (Å²) in [6.45, 7) is 0.646. The first-order chi connectivity index (χ1) is 6.79. The van der Waals surface area contributed by atoms with Crippen molar-refractivity contribution in [2.45, 2.75) is 18.4 Å². The molecule has 76 valence electrons. The van der Waals surface area contributed by atoms with Gasteiger partial charge in [0.25, 0.3) is 0 Å². The van der Waals surface area contributed by atoms with Crippen LogP contribution in [0, 0.1) is 0 Å². The number of methoxy groups -OCH3 is 1. The van der Waals surface area contributed by atoms with Gasteiger partial charge in [-0.05, 0) is 25.0 Å². The maximum Gasteiger partial charge on any atom is 0.169 e. The second kappa shape index (κ2) is 3.46. The van der Waals surface area contributed by atoms with Gasteiger partial charge in [-0.25, -0.2) is 4.98 Å². The lowest BCUT2D eigenvalue weighted by molar-refractivity contribution is 0.414. The summed E-state index contributed by atoms with van der Waals surface area (Å²) in [5.74, 6) is 1.56. The minimum atomic E-state index is 0.0711. The molecule has 1 heterocycles. The van der Waals surface area contributed by atoms with E-state index in [9.17, 15) is 0 Å². The number of nitrogens with two attached hydrogens (primary N) is 1. The molecule has 0 atom stereocenters. The molecule has 4 heteroatoms. The Labute approximate surface area is 83.5 Å². The maximum absolute atomic E-state index is 5.68. The third-order valence-electron chi connectivity index (χ3n) is 2.62. The summed E-state index contributed by atoms with van der Waals surface area (Å²) in [5, 5.41) is 3.34. The molecule has 0 aliphatic heterocycles. The Morgan fingerprint density at radius 3 is 3.00 bits per heavy atom. The van der Waals surface area contributed by atoms with Crippen molar-refractivity contribution in [2.75, 3.05) is 19.0 Å². The van der Waals surface area contributed by atoms with E-state index < -0.39 is 0 Å². The second-order valence-corrected chi connectivity index (χ2v) is 3.66. The summed E-state index contributed by atoms with van der Waals surface area (Å²) in [6, 6.07) is 3.74. The number of hydrogen-bond donors (Lipinski definition) is 2. The van der Waals surface area contributed by atoms with E-state index in [2.05, 4.69) is 10.3 Å². The summed E-state index contributed by atoms with van der Waals surface area (Å²) in [4.78, 5) is 4.23. The lowest BCUT2D eigenvalue weighted by Crippen LogP contribution is -2.31.